The molecule has 1 saturated heterocycles. The SMILES string of the molecule is Cc1cc(NCCc2ccccc2)nc(N2CCN(Cc3ccccc3)CC2)n1. The summed E-state index contributed by atoms with van der Waals surface area (Å²) in [5, 5.41) is 3.47. The first kappa shape index (κ1) is 19.4. The second-order valence-corrected chi connectivity index (χ2v) is 7.61. The largest absolute Gasteiger partial charge is 0.370 e. The number of nitrogens with zero attached hydrogens (tertiary/aromatic N) is 4. The third-order valence-electron chi connectivity index (χ3n) is 5.31. The predicted molar refractivity (Wildman–Crippen MR) is 119 cm³/mol. The molecule has 0 radical (unpaired) electrons. The van der Waals surface area contributed by atoms with E-state index in [1.165, 1.54) is 11.1 Å². The van der Waals surface area contributed by atoms with Crippen molar-refractivity contribution in [2.45, 2.75) is 19.9 Å². The second kappa shape index (κ2) is 9.52. The number of hydrogen-bond donors (Lipinski definition) is 1. The molecule has 1 aliphatic rings. The van der Waals surface area contributed by atoms with Gasteiger partial charge in [-0.2, -0.15) is 4.98 Å². The molecule has 150 valence electrons. The Balaban J connectivity index is 1.32. The lowest BCUT2D eigenvalue weighted by atomic mass is 10.1. The van der Waals surface area contributed by atoms with E-state index < -0.39 is 0 Å². The number of anilines is 2. The molecule has 3 aromatic rings. The van der Waals surface area contributed by atoms with Crippen LogP contribution in [-0.4, -0.2) is 47.6 Å². The Morgan fingerprint density at radius 2 is 1.48 bits per heavy atom. The molecule has 0 atom stereocenters. The molecular weight excluding hydrogens is 358 g/mol. The van der Waals surface area contributed by atoms with Gasteiger partial charge in [0.15, 0.2) is 0 Å². The topological polar surface area (TPSA) is 44.3 Å². The highest BCUT2D eigenvalue weighted by Crippen LogP contribution is 2.17. The average molecular weight is 388 g/mol. The number of aryl methyl sites for hydroxylation is 1. The van der Waals surface area contributed by atoms with Crippen LogP contribution in [0.4, 0.5) is 11.8 Å². The van der Waals surface area contributed by atoms with Crippen molar-refractivity contribution >= 4 is 11.8 Å². The number of aromatic nitrogens is 2. The van der Waals surface area contributed by atoms with E-state index >= 15 is 0 Å². The summed E-state index contributed by atoms with van der Waals surface area (Å²) in [4.78, 5) is 14.3. The lowest BCUT2D eigenvalue weighted by Gasteiger charge is -2.35. The van der Waals surface area contributed by atoms with Gasteiger partial charge in [-0.1, -0.05) is 60.7 Å². The smallest absolute Gasteiger partial charge is 0.227 e. The molecule has 1 fully saturated rings. The number of benzene rings is 2. The summed E-state index contributed by atoms with van der Waals surface area (Å²) >= 11 is 0. The highest BCUT2D eigenvalue weighted by atomic mass is 15.3. The van der Waals surface area contributed by atoms with E-state index in [9.17, 15) is 0 Å². The normalized spacial score (nSPS) is 14.7. The number of hydrogen-bond acceptors (Lipinski definition) is 5. The highest BCUT2D eigenvalue weighted by Gasteiger charge is 2.19. The Labute approximate surface area is 173 Å². The van der Waals surface area contributed by atoms with Crippen LogP contribution in [0.3, 0.4) is 0 Å². The third kappa shape index (κ3) is 5.55. The first-order valence-corrected chi connectivity index (χ1v) is 10.4. The van der Waals surface area contributed by atoms with Gasteiger partial charge in [0, 0.05) is 51.0 Å². The Morgan fingerprint density at radius 1 is 0.828 bits per heavy atom. The van der Waals surface area contributed by atoms with Crippen molar-refractivity contribution < 1.29 is 0 Å². The van der Waals surface area contributed by atoms with Crippen LogP contribution in [0.15, 0.2) is 66.7 Å². The fourth-order valence-electron chi connectivity index (χ4n) is 3.71. The van der Waals surface area contributed by atoms with Crippen LogP contribution in [0.2, 0.25) is 0 Å². The minimum Gasteiger partial charge on any atom is -0.370 e. The maximum absolute atomic E-state index is 4.78. The molecule has 0 amide bonds. The monoisotopic (exact) mass is 387 g/mol. The number of rotatable bonds is 7. The zero-order valence-corrected chi connectivity index (χ0v) is 17.1. The lowest BCUT2D eigenvalue weighted by molar-refractivity contribution is 0.248. The van der Waals surface area contributed by atoms with E-state index in [0.717, 1.165) is 63.1 Å². The molecule has 0 aliphatic carbocycles. The van der Waals surface area contributed by atoms with Crippen molar-refractivity contribution in [3.8, 4) is 0 Å². The fraction of sp³-hybridized carbons (Fsp3) is 0.333. The molecule has 0 unspecified atom stereocenters. The zero-order valence-electron chi connectivity index (χ0n) is 17.1. The van der Waals surface area contributed by atoms with E-state index in [1.807, 2.05) is 13.0 Å². The van der Waals surface area contributed by atoms with Crippen LogP contribution in [-0.2, 0) is 13.0 Å². The minimum absolute atomic E-state index is 0.839. The number of piperazine rings is 1. The van der Waals surface area contributed by atoms with Gasteiger partial charge in [-0.3, -0.25) is 4.90 Å². The molecule has 29 heavy (non-hydrogen) atoms. The zero-order chi connectivity index (χ0) is 19.9. The Hall–Kier alpha value is -2.92. The van der Waals surface area contributed by atoms with Gasteiger partial charge in [0.1, 0.15) is 5.82 Å². The maximum Gasteiger partial charge on any atom is 0.227 e. The molecule has 5 nitrogen and oxygen atoms in total. The highest BCUT2D eigenvalue weighted by molar-refractivity contribution is 5.44. The molecule has 1 N–H and O–H groups in total. The van der Waals surface area contributed by atoms with Crippen LogP contribution in [0.1, 0.15) is 16.8 Å². The molecule has 2 aromatic carbocycles. The van der Waals surface area contributed by atoms with E-state index in [2.05, 4.69) is 80.8 Å². The van der Waals surface area contributed by atoms with Gasteiger partial charge in [0.2, 0.25) is 5.95 Å². The predicted octanol–water partition coefficient (Wildman–Crippen LogP) is 3.76. The quantitative estimate of drug-likeness (QED) is 0.669. The molecule has 0 bridgehead atoms. The van der Waals surface area contributed by atoms with Crippen molar-refractivity contribution in [2.24, 2.45) is 0 Å². The first-order chi connectivity index (χ1) is 14.3. The van der Waals surface area contributed by atoms with Gasteiger partial charge in [-0.15, -0.1) is 0 Å². The van der Waals surface area contributed by atoms with Gasteiger partial charge in [0.05, 0.1) is 0 Å². The molecule has 0 spiro atoms. The minimum atomic E-state index is 0.839. The average Bonchev–Trinajstić information content (AvgIpc) is 2.75. The summed E-state index contributed by atoms with van der Waals surface area (Å²) in [7, 11) is 0. The molecule has 4 rings (SSSR count). The van der Waals surface area contributed by atoms with Crippen molar-refractivity contribution in [2.75, 3.05) is 42.9 Å². The van der Waals surface area contributed by atoms with Crippen LogP contribution < -0.4 is 10.2 Å². The Bertz CT molecular complexity index is 890. The Kier molecular flexibility index (Phi) is 6.37. The summed E-state index contributed by atoms with van der Waals surface area (Å²) < 4.78 is 0. The van der Waals surface area contributed by atoms with Gasteiger partial charge in [0.25, 0.3) is 0 Å². The van der Waals surface area contributed by atoms with Crippen molar-refractivity contribution in [1.82, 2.24) is 14.9 Å². The van der Waals surface area contributed by atoms with Crippen LogP contribution in [0.5, 0.6) is 0 Å². The molecule has 1 aromatic heterocycles. The number of nitrogens with one attached hydrogen (secondary N) is 1. The second-order valence-electron chi connectivity index (χ2n) is 7.61. The van der Waals surface area contributed by atoms with E-state index in [0.29, 0.717) is 0 Å². The van der Waals surface area contributed by atoms with Crippen molar-refractivity contribution in [1.29, 1.82) is 0 Å². The summed E-state index contributed by atoms with van der Waals surface area (Å²) in [5.41, 5.74) is 3.71. The molecule has 1 aliphatic heterocycles. The molecular formula is C24H29N5. The summed E-state index contributed by atoms with van der Waals surface area (Å²) in [6.07, 6.45) is 0.984. The summed E-state index contributed by atoms with van der Waals surface area (Å²) in [6.45, 7) is 7.89. The standard InChI is InChI=1S/C24H29N5/c1-20-18-23(25-13-12-21-8-4-2-5-9-21)27-24(26-20)29-16-14-28(15-17-29)19-22-10-6-3-7-11-22/h2-11,18H,12-17,19H2,1H3,(H,25,26,27). The lowest BCUT2D eigenvalue weighted by Crippen LogP contribution is -2.46. The van der Waals surface area contributed by atoms with Crippen molar-refractivity contribution in [3.63, 3.8) is 0 Å². The first-order valence-electron chi connectivity index (χ1n) is 10.4. The molecule has 2 heterocycles. The summed E-state index contributed by atoms with van der Waals surface area (Å²) in [6, 6.07) is 23.3. The van der Waals surface area contributed by atoms with E-state index in [4.69, 9.17) is 4.98 Å². The van der Waals surface area contributed by atoms with Gasteiger partial charge in [-0.25, -0.2) is 4.98 Å². The third-order valence-corrected chi connectivity index (χ3v) is 5.31. The fourth-order valence-corrected chi connectivity index (χ4v) is 3.71. The summed E-state index contributed by atoms with van der Waals surface area (Å²) in [5.74, 6) is 1.75. The van der Waals surface area contributed by atoms with Gasteiger partial charge in [-0.05, 0) is 24.5 Å². The van der Waals surface area contributed by atoms with Gasteiger partial charge < -0.3 is 10.2 Å². The van der Waals surface area contributed by atoms with Crippen LogP contribution in [0.25, 0.3) is 0 Å². The van der Waals surface area contributed by atoms with Crippen LogP contribution >= 0.6 is 0 Å². The van der Waals surface area contributed by atoms with E-state index in [1.54, 1.807) is 0 Å². The molecule has 0 saturated carbocycles. The Morgan fingerprint density at radius 3 is 2.17 bits per heavy atom. The van der Waals surface area contributed by atoms with Gasteiger partial charge >= 0.3 is 0 Å². The van der Waals surface area contributed by atoms with Crippen LogP contribution in [0, 0.1) is 6.92 Å². The van der Waals surface area contributed by atoms with E-state index in [-0.39, 0.29) is 0 Å². The van der Waals surface area contributed by atoms with Crippen molar-refractivity contribution in [3.05, 3.63) is 83.6 Å². The maximum atomic E-state index is 4.78. The molecule has 5 heteroatoms.